The maximum atomic E-state index is 12.7. The molecule has 0 aliphatic carbocycles. The normalized spacial score (nSPS) is 18.0. The number of aromatic amines is 1. The fourth-order valence-electron chi connectivity index (χ4n) is 2.21. The Balaban J connectivity index is 1.91. The van der Waals surface area contributed by atoms with Gasteiger partial charge in [-0.05, 0) is 12.1 Å². The van der Waals surface area contributed by atoms with Gasteiger partial charge in [-0.1, -0.05) is 0 Å². The second kappa shape index (κ2) is 6.92. The van der Waals surface area contributed by atoms with E-state index in [0.29, 0.717) is 6.54 Å². The summed E-state index contributed by atoms with van der Waals surface area (Å²) in [5.41, 5.74) is 4.24. The molecule has 2 aromatic heterocycles. The Hall–Kier alpha value is -2.28. The number of hydrogen-bond donors (Lipinski definition) is 4. The molecule has 134 valence electrons. The van der Waals surface area contributed by atoms with Crippen molar-refractivity contribution in [3.63, 3.8) is 0 Å². The lowest BCUT2D eigenvalue weighted by molar-refractivity contribution is 0.0786. The van der Waals surface area contributed by atoms with Crippen molar-refractivity contribution in [3.05, 3.63) is 29.6 Å². The van der Waals surface area contributed by atoms with Gasteiger partial charge >= 0.3 is 0 Å². The predicted octanol–water partition coefficient (Wildman–Crippen LogP) is -0.458. The third-order valence-electron chi connectivity index (χ3n) is 3.46. The van der Waals surface area contributed by atoms with Gasteiger partial charge in [0, 0.05) is 19.3 Å². The van der Waals surface area contributed by atoms with Crippen molar-refractivity contribution in [1.82, 2.24) is 15.5 Å². The zero-order valence-corrected chi connectivity index (χ0v) is 14.4. The van der Waals surface area contributed by atoms with Crippen LogP contribution < -0.4 is 16.4 Å². The average Bonchev–Trinajstić information content (AvgIpc) is 3.25. The zero-order chi connectivity index (χ0) is 18.0. The number of thiophene rings is 1. The summed E-state index contributed by atoms with van der Waals surface area (Å²) in [5, 5.41) is 11.7. The molecule has 5 N–H and O–H groups in total. The summed E-state index contributed by atoms with van der Waals surface area (Å²) in [6.07, 6.45) is 1.46. The van der Waals surface area contributed by atoms with Gasteiger partial charge in [-0.2, -0.15) is 5.10 Å². The number of H-pyrrole nitrogens is 1. The van der Waals surface area contributed by atoms with Gasteiger partial charge in [0.05, 0.1) is 12.2 Å². The summed E-state index contributed by atoms with van der Waals surface area (Å²) in [7, 11) is -3.83. The van der Waals surface area contributed by atoms with Crippen molar-refractivity contribution in [2.75, 3.05) is 25.0 Å². The maximum Gasteiger partial charge on any atom is 0.276 e. The lowest BCUT2D eigenvalue weighted by Gasteiger charge is -2.22. The molecule has 2 amide bonds. The number of ether oxygens (including phenoxy) is 1. The highest BCUT2D eigenvalue weighted by atomic mass is 32.2. The summed E-state index contributed by atoms with van der Waals surface area (Å²) < 4.78 is 30.5. The van der Waals surface area contributed by atoms with Crippen LogP contribution in [0.15, 0.2) is 22.5 Å². The highest BCUT2D eigenvalue weighted by Gasteiger charge is 2.33. The highest BCUT2D eigenvalue weighted by Crippen LogP contribution is 2.34. The van der Waals surface area contributed by atoms with E-state index in [1.54, 1.807) is 0 Å². The third-order valence-corrected chi connectivity index (χ3v) is 6.92. The SMILES string of the molecule is NC(=O)c1cc(S(=O)(=O)C2CNCCO2)sc1NC(=O)c1cc[nH]n1. The molecule has 0 spiro atoms. The van der Waals surface area contributed by atoms with E-state index >= 15 is 0 Å². The molecule has 1 atom stereocenters. The fourth-order valence-corrected chi connectivity index (χ4v) is 5.19. The van der Waals surface area contributed by atoms with Gasteiger partial charge in [0.1, 0.15) is 14.9 Å². The summed E-state index contributed by atoms with van der Waals surface area (Å²) >= 11 is 0.748. The molecule has 1 aliphatic rings. The number of anilines is 1. The van der Waals surface area contributed by atoms with Gasteiger partial charge in [-0.25, -0.2) is 8.42 Å². The maximum absolute atomic E-state index is 12.7. The van der Waals surface area contributed by atoms with Gasteiger partial charge in [-0.3, -0.25) is 14.7 Å². The molecule has 12 heteroatoms. The molecule has 0 aromatic carbocycles. The van der Waals surface area contributed by atoms with Crippen LogP contribution in [0.1, 0.15) is 20.8 Å². The number of nitrogens with zero attached hydrogens (tertiary/aromatic N) is 1. The minimum atomic E-state index is -3.83. The van der Waals surface area contributed by atoms with Crippen LogP contribution in [0, 0.1) is 0 Å². The molecular formula is C13H15N5O5S2. The number of carbonyl (C=O) groups excluding carboxylic acids is 2. The summed E-state index contributed by atoms with van der Waals surface area (Å²) in [4.78, 5) is 23.7. The Kier molecular flexibility index (Phi) is 4.85. The molecule has 1 aliphatic heterocycles. The van der Waals surface area contributed by atoms with Crippen molar-refractivity contribution >= 4 is 38.0 Å². The number of nitrogens with two attached hydrogens (primary N) is 1. The standard InChI is InChI=1S/C13H15N5O5S2/c14-11(19)7-5-10(25(21,22)9-6-15-3-4-23-9)24-13(7)17-12(20)8-1-2-16-18-8/h1-2,5,9,15H,3-4,6H2,(H2,14,19)(H,16,18)(H,17,20). The van der Waals surface area contributed by atoms with Crippen LogP contribution in [0.25, 0.3) is 0 Å². The van der Waals surface area contributed by atoms with E-state index in [2.05, 4.69) is 20.8 Å². The Bertz CT molecular complexity index is 884. The second-order valence-electron chi connectivity index (χ2n) is 5.14. The first-order valence-corrected chi connectivity index (χ1v) is 9.57. The summed E-state index contributed by atoms with van der Waals surface area (Å²) in [6, 6.07) is 2.59. The number of hydrogen-bond acceptors (Lipinski definition) is 8. The molecule has 1 fully saturated rings. The molecule has 0 bridgehead atoms. The molecule has 25 heavy (non-hydrogen) atoms. The van der Waals surface area contributed by atoms with Crippen molar-refractivity contribution < 1.29 is 22.7 Å². The molecule has 3 rings (SSSR count). The highest BCUT2D eigenvalue weighted by molar-refractivity contribution is 7.94. The van der Waals surface area contributed by atoms with Crippen LogP contribution in [0.3, 0.4) is 0 Å². The van der Waals surface area contributed by atoms with Gasteiger partial charge in [0.2, 0.25) is 9.84 Å². The van der Waals surface area contributed by atoms with Crippen molar-refractivity contribution in [1.29, 1.82) is 0 Å². The third kappa shape index (κ3) is 3.56. The van der Waals surface area contributed by atoms with E-state index < -0.39 is 27.1 Å². The van der Waals surface area contributed by atoms with Crippen molar-refractivity contribution in [2.45, 2.75) is 9.65 Å². The first-order chi connectivity index (χ1) is 11.9. The van der Waals surface area contributed by atoms with E-state index in [4.69, 9.17) is 10.5 Å². The van der Waals surface area contributed by atoms with E-state index in [-0.39, 0.29) is 33.6 Å². The van der Waals surface area contributed by atoms with Gasteiger partial charge < -0.3 is 21.1 Å². The number of sulfone groups is 1. The molecule has 3 heterocycles. The number of carbonyl (C=O) groups is 2. The Morgan fingerprint density at radius 3 is 2.84 bits per heavy atom. The molecule has 0 radical (unpaired) electrons. The van der Waals surface area contributed by atoms with E-state index in [9.17, 15) is 18.0 Å². The minimum Gasteiger partial charge on any atom is -0.366 e. The molecule has 1 saturated heterocycles. The van der Waals surface area contributed by atoms with Gasteiger partial charge in [0.15, 0.2) is 5.44 Å². The van der Waals surface area contributed by atoms with Crippen LogP contribution in [-0.2, 0) is 14.6 Å². The first-order valence-electron chi connectivity index (χ1n) is 7.20. The van der Waals surface area contributed by atoms with E-state index in [1.807, 2.05) is 0 Å². The zero-order valence-electron chi connectivity index (χ0n) is 12.8. The van der Waals surface area contributed by atoms with Crippen molar-refractivity contribution in [3.8, 4) is 0 Å². The number of morpholine rings is 1. The molecular weight excluding hydrogens is 370 g/mol. The monoisotopic (exact) mass is 385 g/mol. The van der Waals surface area contributed by atoms with Crippen LogP contribution >= 0.6 is 11.3 Å². The fraction of sp³-hybridized carbons (Fsp3) is 0.308. The van der Waals surface area contributed by atoms with Crippen molar-refractivity contribution in [2.24, 2.45) is 5.73 Å². The lowest BCUT2D eigenvalue weighted by atomic mass is 10.3. The number of amides is 2. The lowest BCUT2D eigenvalue weighted by Crippen LogP contribution is -2.42. The summed E-state index contributed by atoms with van der Waals surface area (Å²) in [6.45, 7) is 0.968. The van der Waals surface area contributed by atoms with E-state index in [1.165, 1.54) is 12.3 Å². The molecule has 1 unspecified atom stereocenters. The minimum absolute atomic E-state index is 0.0443. The molecule has 2 aromatic rings. The molecule has 10 nitrogen and oxygen atoms in total. The second-order valence-corrected chi connectivity index (χ2v) is 8.50. The van der Waals surface area contributed by atoms with Crippen LogP contribution in [0.5, 0.6) is 0 Å². The number of primary amides is 1. The Morgan fingerprint density at radius 1 is 1.44 bits per heavy atom. The quantitative estimate of drug-likeness (QED) is 0.542. The van der Waals surface area contributed by atoms with Crippen LogP contribution in [-0.4, -0.2) is 55.6 Å². The Morgan fingerprint density at radius 2 is 2.24 bits per heavy atom. The predicted molar refractivity (Wildman–Crippen MR) is 89.2 cm³/mol. The number of aromatic nitrogens is 2. The smallest absolute Gasteiger partial charge is 0.276 e. The van der Waals surface area contributed by atoms with Gasteiger partial charge in [-0.15, -0.1) is 11.3 Å². The average molecular weight is 385 g/mol. The largest absolute Gasteiger partial charge is 0.366 e. The topological polar surface area (TPSA) is 156 Å². The first kappa shape index (κ1) is 17.5. The molecule has 0 saturated carbocycles. The van der Waals surface area contributed by atoms with Crippen LogP contribution in [0.4, 0.5) is 5.00 Å². The van der Waals surface area contributed by atoms with Gasteiger partial charge in [0.25, 0.3) is 11.8 Å². The summed E-state index contributed by atoms with van der Waals surface area (Å²) in [5.74, 6) is -1.44. The van der Waals surface area contributed by atoms with E-state index in [0.717, 1.165) is 17.4 Å². The number of rotatable bonds is 5. The Labute approximate surface area is 146 Å². The number of nitrogens with one attached hydrogen (secondary N) is 3. The van der Waals surface area contributed by atoms with Crippen LogP contribution in [0.2, 0.25) is 0 Å².